The van der Waals surface area contributed by atoms with Gasteiger partial charge in [0.1, 0.15) is 17.3 Å². The van der Waals surface area contributed by atoms with E-state index in [0.717, 1.165) is 33.7 Å². The second-order valence-electron chi connectivity index (χ2n) is 4.41. The van der Waals surface area contributed by atoms with Gasteiger partial charge in [-0.25, -0.2) is 9.97 Å². The minimum absolute atomic E-state index is 0.622. The molecule has 21 heavy (non-hydrogen) atoms. The van der Waals surface area contributed by atoms with Gasteiger partial charge in [0, 0.05) is 29.9 Å². The summed E-state index contributed by atoms with van der Waals surface area (Å²) in [6.45, 7) is 2.58. The van der Waals surface area contributed by atoms with Gasteiger partial charge in [-0.15, -0.1) is 0 Å². The first-order chi connectivity index (χ1) is 10.2. The third-order valence-electron chi connectivity index (χ3n) is 2.97. The van der Waals surface area contributed by atoms with Crippen LogP contribution in [0.1, 0.15) is 11.3 Å². The van der Waals surface area contributed by atoms with Crippen LogP contribution >= 0.6 is 11.8 Å². The molecule has 0 atom stereocenters. The Morgan fingerprint density at radius 2 is 1.95 bits per heavy atom. The molecule has 0 saturated heterocycles. The van der Waals surface area contributed by atoms with Gasteiger partial charge in [0.2, 0.25) is 0 Å². The molecule has 1 aromatic carbocycles. The lowest BCUT2D eigenvalue weighted by Gasteiger charge is -2.12. The average Bonchev–Trinajstić information content (AvgIpc) is 2.52. The normalized spacial score (nSPS) is 10.3. The standard InChI is InChI=1S/C15H19N3O2S/c1-10-7-14(18-15(17-10)21-4)16-9-11-5-6-12(19-2)8-13(11)20-3/h5-8H,9H2,1-4H3,(H,16,17,18). The molecule has 1 heterocycles. The van der Waals surface area contributed by atoms with Crippen LogP contribution in [0.15, 0.2) is 29.4 Å². The zero-order chi connectivity index (χ0) is 15.2. The largest absolute Gasteiger partial charge is 0.497 e. The number of thioether (sulfide) groups is 1. The van der Waals surface area contributed by atoms with Gasteiger partial charge < -0.3 is 14.8 Å². The summed E-state index contributed by atoms with van der Waals surface area (Å²) in [5.74, 6) is 2.38. The molecule has 0 aliphatic rings. The summed E-state index contributed by atoms with van der Waals surface area (Å²) in [6, 6.07) is 7.69. The summed E-state index contributed by atoms with van der Waals surface area (Å²) in [5, 5.41) is 4.07. The van der Waals surface area contributed by atoms with Gasteiger partial charge in [-0.2, -0.15) is 0 Å². The Morgan fingerprint density at radius 1 is 1.14 bits per heavy atom. The van der Waals surface area contributed by atoms with E-state index in [4.69, 9.17) is 9.47 Å². The SMILES string of the molecule is COc1ccc(CNc2cc(C)nc(SC)n2)c(OC)c1. The number of ether oxygens (including phenoxy) is 2. The molecule has 1 aromatic heterocycles. The monoisotopic (exact) mass is 305 g/mol. The lowest BCUT2D eigenvalue weighted by atomic mass is 10.2. The Kier molecular flexibility index (Phi) is 5.27. The molecule has 0 spiro atoms. The number of nitrogens with one attached hydrogen (secondary N) is 1. The van der Waals surface area contributed by atoms with E-state index >= 15 is 0 Å². The highest BCUT2D eigenvalue weighted by Crippen LogP contribution is 2.25. The Bertz CT molecular complexity index is 620. The van der Waals surface area contributed by atoms with Gasteiger partial charge in [-0.1, -0.05) is 11.8 Å². The molecule has 0 radical (unpaired) electrons. The fourth-order valence-electron chi connectivity index (χ4n) is 1.91. The molecule has 112 valence electrons. The summed E-state index contributed by atoms with van der Waals surface area (Å²) >= 11 is 1.53. The lowest BCUT2D eigenvalue weighted by Crippen LogP contribution is -2.05. The maximum Gasteiger partial charge on any atom is 0.189 e. The first-order valence-electron chi connectivity index (χ1n) is 6.50. The Morgan fingerprint density at radius 3 is 2.62 bits per heavy atom. The quantitative estimate of drug-likeness (QED) is 0.653. The Hall–Kier alpha value is -1.95. The lowest BCUT2D eigenvalue weighted by molar-refractivity contribution is 0.391. The van der Waals surface area contributed by atoms with Crippen molar-refractivity contribution in [3.05, 3.63) is 35.5 Å². The average molecular weight is 305 g/mol. The molecule has 0 aliphatic carbocycles. The topological polar surface area (TPSA) is 56.3 Å². The van der Waals surface area contributed by atoms with Crippen molar-refractivity contribution in [1.29, 1.82) is 0 Å². The third kappa shape index (κ3) is 4.01. The van der Waals surface area contributed by atoms with Crippen molar-refractivity contribution < 1.29 is 9.47 Å². The Labute approximate surface area is 129 Å². The molecule has 0 fully saturated rings. The van der Waals surface area contributed by atoms with Crippen LogP contribution in [0.3, 0.4) is 0 Å². The van der Waals surface area contributed by atoms with E-state index < -0.39 is 0 Å². The number of methoxy groups -OCH3 is 2. The molecule has 2 rings (SSSR count). The number of aromatic nitrogens is 2. The summed E-state index contributed by atoms with van der Waals surface area (Å²) in [5.41, 5.74) is 1.99. The number of anilines is 1. The number of rotatable bonds is 6. The molecule has 0 bridgehead atoms. The van der Waals surface area contributed by atoms with E-state index in [2.05, 4.69) is 15.3 Å². The van der Waals surface area contributed by atoms with E-state index in [-0.39, 0.29) is 0 Å². The smallest absolute Gasteiger partial charge is 0.189 e. The zero-order valence-electron chi connectivity index (χ0n) is 12.6. The molecule has 1 N–H and O–H groups in total. The maximum absolute atomic E-state index is 5.39. The number of hydrogen-bond acceptors (Lipinski definition) is 6. The summed E-state index contributed by atoms with van der Waals surface area (Å²) in [7, 11) is 3.29. The van der Waals surface area contributed by atoms with Crippen molar-refractivity contribution in [1.82, 2.24) is 9.97 Å². The highest BCUT2D eigenvalue weighted by Gasteiger charge is 2.06. The van der Waals surface area contributed by atoms with Crippen molar-refractivity contribution in [3.63, 3.8) is 0 Å². The molecule has 5 nitrogen and oxygen atoms in total. The molecule has 2 aromatic rings. The van der Waals surface area contributed by atoms with E-state index in [1.807, 2.05) is 37.4 Å². The van der Waals surface area contributed by atoms with Crippen LogP contribution in [0.25, 0.3) is 0 Å². The number of benzene rings is 1. The number of nitrogens with zero attached hydrogens (tertiary/aromatic N) is 2. The highest BCUT2D eigenvalue weighted by atomic mass is 32.2. The van der Waals surface area contributed by atoms with Gasteiger partial charge in [0.15, 0.2) is 5.16 Å². The van der Waals surface area contributed by atoms with E-state index in [9.17, 15) is 0 Å². The maximum atomic E-state index is 5.39. The molecular formula is C15H19N3O2S. The predicted molar refractivity (Wildman–Crippen MR) is 85.4 cm³/mol. The van der Waals surface area contributed by atoms with Crippen molar-refractivity contribution in [2.45, 2.75) is 18.6 Å². The first kappa shape index (κ1) is 15.4. The zero-order valence-corrected chi connectivity index (χ0v) is 13.5. The van der Waals surface area contributed by atoms with Crippen LogP contribution in [0.2, 0.25) is 0 Å². The van der Waals surface area contributed by atoms with E-state index in [1.54, 1.807) is 14.2 Å². The minimum Gasteiger partial charge on any atom is -0.497 e. The summed E-state index contributed by atoms with van der Waals surface area (Å²) in [4.78, 5) is 8.77. The van der Waals surface area contributed by atoms with Crippen molar-refractivity contribution in [2.75, 3.05) is 25.8 Å². The van der Waals surface area contributed by atoms with Crippen LogP contribution in [0.5, 0.6) is 11.5 Å². The van der Waals surface area contributed by atoms with E-state index in [0.29, 0.717) is 6.54 Å². The molecule has 0 unspecified atom stereocenters. The summed E-state index contributed by atoms with van der Waals surface area (Å²) < 4.78 is 10.6. The third-order valence-corrected chi connectivity index (χ3v) is 3.52. The van der Waals surface area contributed by atoms with Gasteiger partial charge in [-0.05, 0) is 25.3 Å². The molecule has 6 heteroatoms. The van der Waals surface area contributed by atoms with Crippen LogP contribution < -0.4 is 14.8 Å². The predicted octanol–water partition coefficient (Wildman–Crippen LogP) is 3.14. The second-order valence-corrected chi connectivity index (χ2v) is 5.19. The van der Waals surface area contributed by atoms with Gasteiger partial charge in [0.25, 0.3) is 0 Å². The van der Waals surface area contributed by atoms with Crippen LogP contribution in [0, 0.1) is 6.92 Å². The van der Waals surface area contributed by atoms with Crippen molar-refractivity contribution in [2.24, 2.45) is 0 Å². The first-order valence-corrected chi connectivity index (χ1v) is 7.73. The number of hydrogen-bond donors (Lipinski definition) is 1. The molecule has 0 saturated carbocycles. The van der Waals surface area contributed by atoms with Crippen molar-refractivity contribution in [3.8, 4) is 11.5 Å². The molecule has 0 aliphatic heterocycles. The molecule has 0 amide bonds. The molecular weight excluding hydrogens is 286 g/mol. The van der Waals surface area contributed by atoms with Gasteiger partial charge in [0.05, 0.1) is 14.2 Å². The van der Waals surface area contributed by atoms with Crippen molar-refractivity contribution >= 4 is 17.6 Å². The van der Waals surface area contributed by atoms with Gasteiger partial charge >= 0.3 is 0 Å². The van der Waals surface area contributed by atoms with Gasteiger partial charge in [-0.3, -0.25) is 0 Å². The minimum atomic E-state index is 0.622. The highest BCUT2D eigenvalue weighted by molar-refractivity contribution is 7.98. The van der Waals surface area contributed by atoms with E-state index in [1.165, 1.54) is 11.8 Å². The second kappa shape index (κ2) is 7.17. The number of aryl methyl sites for hydroxylation is 1. The fourth-order valence-corrected chi connectivity index (χ4v) is 2.33. The van der Waals surface area contributed by atoms with Crippen LogP contribution in [-0.2, 0) is 6.54 Å². The van der Waals surface area contributed by atoms with Crippen LogP contribution in [-0.4, -0.2) is 30.4 Å². The Balaban J connectivity index is 2.14. The fraction of sp³-hybridized carbons (Fsp3) is 0.333. The summed E-state index contributed by atoms with van der Waals surface area (Å²) in [6.07, 6.45) is 1.96. The van der Waals surface area contributed by atoms with Crippen LogP contribution in [0.4, 0.5) is 5.82 Å².